The Morgan fingerprint density at radius 1 is 1.44 bits per heavy atom. The van der Waals surface area contributed by atoms with E-state index in [-0.39, 0.29) is 6.04 Å². The Morgan fingerprint density at radius 3 is 2.44 bits per heavy atom. The lowest BCUT2D eigenvalue weighted by molar-refractivity contribution is -0.148. The summed E-state index contributed by atoms with van der Waals surface area (Å²) in [5.74, 6) is -3.12. The van der Waals surface area contributed by atoms with Crippen LogP contribution in [0.25, 0.3) is 0 Å². The molecule has 0 aromatic carbocycles. The fraction of sp³-hybridized carbons (Fsp3) is 0.727. The molecule has 1 aliphatic rings. The first-order valence-corrected chi connectivity index (χ1v) is 5.78. The van der Waals surface area contributed by atoms with Gasteiger partial charge in [-0.15, -0.1) is 0 Å². The summed E-state index contributed by atoms with van der Waals surface area (Å²) in [6, 6.07) is -1.74. The van der Waals surface area contributed by atoms with E-state index in [9.17, 15) is 14.4 Å². The van der Waals surface area contributed by atoms with Crippen LogP contribution in [-0.4, -0.2) is 40.1 Å². The van der Waals surface area contributed by atoms with Crippen molar-refractivity contribution in [2.45, 2.75) is 44.7 Å². The van der Waals surface area contributed by atoms with Crippen molar-refractivity contribution < 1.29 is 24.6 Å². The minimum absolute atomic E-state index is 0.322. The Labute approximate surface area is 104 Å². The number of nitrogens with two attached hydrogens (primary N) is 1. The van der Waals surface area contributed by atoms with E-state index < -0.39 is 35.7 Å². The fourth-order valence-electron chi connectivity index (χ4n) is 2.17. The van der Waals surface area contributed by atoms with Gasteiger partial charge in [0.25, 0.3) is 0 Å². The van der Waals surface area contributed by atoms with E-state index in [1.54, 1.807) is 6.92 Å². The Bertz CT molecular complexity index is 370. The minimum Gasteiger partial charge on any atom is -0.481 e. The lowest BCUT2D eigenvalue weighted by Crippen LogP contribution is -2.52. The fourth-order valence-corrected chi connectivity index (χ4v) is 2.17. The Balaban J connectivity index is 2.72. The summed E-state index contributed by atoms with van der Waals surface area (Å²) in [6.07, 6.45) is 1.45. The van der Waals surface area contributed by atoms with Crippen LogP contribution in [0.3, 0.4) is 0 Å². The van der Waals surface area contributed by atoms with E-state index in [0.29, 0.717) is 12.8 Å². The first kappa shape index (κ1) is 14.4. The lowest BCUT2D eigenvalue weighted by atomic mass is 9.84. The third-order valence-corrected chi connectivity index (χ3v) is 3.53. The second-order valence-corrected chi connectivity index (χ2v) is 4.88. The van der Waals surface area contributed by atoms with Crippen molar-refractivity contribution in [3.63, 3.8) is 0 Å². The number of carboxylic acids is 2. The van der Waals surface area contributed by atoms with Gasteiger partial charge < -0.3 is 21.3 Å². The van der Waals surface area contributed by atoms with Gasteiger partial charge in [-0.05, 0) is 19.8 Å². The maximum Gasteiger partial charge on any atom is 0.326 e. The maximum atomic E-state index is 12.0. The molecule has 5 N–H and O–H groups in total. The topological polar surface area (TPSA) is 130 Å². The predicted molar refractivity (Wildman–Crippen MR) is 61.8 cm³/mol. The first-order chi connectivity index (χ1) is 8.27. The number of nitrogens with one attached hydrogen (secondary N) is 1. The first-order valence-electron chi connectivity index (χ1n) is 5.78. The van der Waals surface area contributed by atoms with Crippen molar-refractivity contribution >= 4 is 17.8 Å². The van der Waals surface area contributed by atoms with E-state index >= 15 is 0 Å². The number of carbonyl (C=O) groups is 3. The summed E-state index contributed by atoms with van der Waals surface area (Å²) in [4.78, 5) is 33.4. The molecule has 1 saturated carbocycles. The standard InChI is InChI=1S/C11H18N2O5/c1-11(4-2-3-7(11)12)10(18)13-6(9(16)17)5-8(14)15/h6-7H,2-5,12H2,1H3,(H,13,18)(H,14,15)(H,16,17). The molecule has 0 aromatic rings. The van der Waals surface area contributed by atoms with Gasteiger partial charge in [0.1, 0.15) is 6.04 Å². The van der Waals surface area contributed by atoms with Gasteiger partial charge in [-0.25, -0.2) is 4.79 Å². The van der Waals surface area contributed by atoms with E-state index in [1.807, 2.05) is 0 Å². The third-order valence-electron chi connectivity index (χ3n) is 3.53. The smallest absolute Gasteiger partial charge is 0.326 e. The highest BCUT2D eigenvalue weighted by atomic mass is 16.4. The molecule has 7 nitrogen and oxygen atoms in total. The van der Waals surface area contributed by atoms with Crippen LogP contribution in [0.2, 0.25) is 0 Å². The van der Waals surface area contributed by atoms with E-state index in [2.05, 4.69) is 5.32 Å². The molecule has 18 heavy (non-hydrogen) atoms. The summed E-state index contributed by atoms with van der Waals surface area (Å²) < 4.78 is 0. The number of carboxylic acid groups (broad SMARTS) is 2. The summed E-state index contributed by atoms with van der Waals surface area (Å²) in [6.45, 7) is 1.68. The van der Waals surface area contributed by atoms with E-state index in [0.717, 1.165) is 6.42 Å². The van der Waals surface area contributed by atoms with Crippen LogP contribution in [0.1, 0.15) is 32.6 Å². The van der Waals surface area contributed by atoms with Gasteiger partial charge in [-0.3, -0.25) is 9.59 Å². The van der Waals surface area contributed by atoms with Gasteiger partial charge >= 0.3 is 11.9 Å². The van der Waals surface area contributed by atoms with Crippen molar-refractivity contribution in [2.24, 2.45) is 11.1 Å². The Morgan fingerprint density at radius 2 is 2.06 bits per heavy atom. The van der Waals surface area contributed by atoms with Crippen LogP contribution in [0.4, 0.5) is 0 Å². The normalized spacial score (nSPS) is 28.7. The Hall–Kier alpha value is -1.63. The molecular weight excluding hydrogens is 240 g/mol. The van der Waals surface area contributed by atoms with Crippen LogP contribution in [0.15, 0.2) is 0 Å². The van der Waals surface area contributed by atoms with E-state index in [1.165, 1.54) is 0 Å². The van der Waals surface area contributed by atoms with Crippen molar-refractivity contribution in [1.82, 2.24) is 5.32 Å². The van der Waals surface area contributed by atoms with Crippen LogP contribution in [0, 0.1) is 5.41 Å². The summed E-state index contributed by atoms with van der Waals surface area (Å²) in [5.41, 5.74) is 5.03. The van der Waals surface area contributed by atoms with Crippen molar-refractivity contribution in [3.8, 4) is 0 Å². The van der Waals surface area contributed by atoms with Gasteiger partial charge in [0, 0.05) is 6.04 Å². The molecule has 0 bridgehead atoms. The average molecular weight is 258 g/mol. The Kier molecular flexibility index (Phi) is 4.28. The van der Waals surface area contributed by atoms with Gasteiger partial charge in [0.15, 0.2) is 0 Å². The van der Waals surface area contributed by atoms with Crippen LogP contribution in [0.5, 0.6) is 0 Å². The van der Waals surface area contributed by atoms with Crippen molar-refractivity contribution in [3.05, 3.63) is 0 Å². The molecule has 0 aliphatic heterocycles. The van der Waals surface area contributed by atoms with Crippen LogP contribution >= 0.6 is 0 Å². The quantitative estimate of drug-likeness (QED) is 0.528. The van der Waals surface area contributed by atoms with Gasteiger partial charge in [-0.1, -0.05) is 6.42 Å². The molecule has 7 heteroatoms. The van der Waals surface area contributed by atoms with Gasteiger partial charge in [-0.2, -0.15) is 0 Å². The predicted octanol–water partition coefficient (Wildman–Crippen LogP) is -0.452. The van der Waals surface area contributed by atoms with Crippen LogP contribution in [-0.2, 0) is 14.4 Å². The number of rotatable bonds is 5. The highest BCUT2D eigenvalue weighted by Gasteiger charge is 2.44. The second-order valence-electron chi connectivity index (χ2n) is 4.88. The molecular formula is C11H18N2O5. The highest BCUT2D eigenvalue weighted by molar-refractivity contribution is 5.90. The molecule has 0 radical (unpaired) electrons. The zero-order chi connectivity index (χ0) is 13.9. The highest BCUT2D eigenvalue weighted by Crippen LogP contribution is 2.36. The monoisotopic (exact) mass is 258 g/mol. The lowest BCUT2D eigenvalue weighted by Gasteiger charge is -2.28. The summed E-state index contributed by atoms with van der Waals surface area (Å²) in [5, 5.41) is 19.7. The molecule has 0 aromatic heterocycles. The molecule has 0 saturated heterocycles. The van der Waals surface area contributed by atoms with Crippen LogP contribution < -0.4 is 11.1 Å². The zero-order valence-electron chi connectivity index (χ0n) is 10.2. The maximum absolute atomic E-state index is 12.0. The SMILES string of the molecule is CC1(C(=O)NC(CC(=O)O)C(=O)O)CCCC1N. The average Bonchev–Trinajstić information content (AvgIpc) is 2.58. The molecule has 1 rings (SSSR count). The third kappa shape index (κ3) is 2.98. The molecule has 3 atom stereocenters. The minimum atomic E-state index is -1.42. The molecule has 102 valence electrons. The van der Waals surface area contributed by atoms with Crippen molar-refractivity contribution in [2.75, 3.05) is 0 Å². The van der Waals surface area contributed by atoms with Gasteiger partial charge in [0.05, 0.1) is 11.8 Å². The number of hydrogen-bond acceptors (Lipinski definition) is 4. The number of carbonyl (C=O) groups excluding carboxylic acids is 1. The molecule has 0 spiro atoms. The molecule has 1 aliphatic carbocycles. The van der Waals surface area contributed by atoms with Crippen molar-refractivity contribution in [1.29, 1.82) is 0 Å². The number of aliphatic carboxylic acids is 2. The molecule has 0 heterocycles. The van der Waals surface area contributed by atoms with Gasteiger partial charge in [0.2, 0.25) is 5.91 Å². The number of hydrogen-bond donors (Lipinski definition) is 4. The summed E-state index contributed by atoms with van der Waals surface area (Å²) in [7, 11) is 0. The van der Waals surface area contributed by atoms with E-state index in [4.69, 9.17) is 15.9 Å². The number of amides is 1. The second kappa shape index (κ2) is 5.34. The molecule has 3 unspecified atom stereocenters. The largest absolute Gasteiger partial charge is 0.481 e. The molecule has 1 amide bonds. The summed E-state index contributed by atoms with van der Waals surface area (Å²) >= 11 is 0. The molecule has 1 fully saturated rings. The zero-order valence-corrected chi connectivity index (χ0v) is 10.2.